The molecular weight excluding hydrogens is 253 g/mol. The van der Waals surface area contributed by atoms with Crippen LogP contribution in [0.3, 0.4) is 0 Å². The molecule has 94 valence electrons. The van der Waals surface area contributed by atoms with E-state index in [0.717, 1.165) is 24.1 Å². The van der Waals surface area contributed by atoms with Gasteiger partial charge in [0.2, 0.25) is 0 Å². The average molecular weight is 265 g/mol. The fourth-order valence-electron chi connectivity index (χ4n) is 1.88. The highest BCUT2D eigenvalue weighted by Gasteiger charge is 2.30. The van der Waals surface area contributed by atoms with Crippen LogP contribution < -0.4 is 0 Å². The first kappa shape index (κ1) is 12.7. The Hall–Kier alpha value is -0.740. The van der Waals surface area contributed by atoms with Gasteiger partial charge in [-0.2, -0.15) is 13.2 Å². The van der Waals surface area contributed by atoms with Crippen LogP contribution in [0.1, 0.15) is 30.1 Å². The molecule has 1 aliphatic heterocycles. The number of benzene rings is 1. The largest absolute Gasteiger partial charge is 0.416 e. The highest BCUT2D eigenvalue weighted by Crippen LogP contribution is 2.33. The number of rotatable bonds is 1. The fraction of sp³-hybridized carbons (Fsp3) is 0.500. The normalized spacial score (nSPS) is 25.9. The summed E-state index contributed by atoms with van der Waals surface area (Å²) in [7, 11) is 0. The highest BCUT2D eigenvalue weighted by molar-refractivity contribution is 6.20. The minimum Gasteiger partial charge on any atom is -0.373 e. The summed E-state index contributed by atoms with van der Waals surface area (Å²) in [6.07, 6.45) is -3.04. The van der Waals surface area contributed by atoms with Gasteiger partial charge in [0, 0.05) is 12.0 Å². The number of alkyl halides is 4. The molecule has 5 heteroatoms. The van der Waals surface area contributed by atoms with Crippen LogP contribution >= 0.6 is 11.6 Å². The van der Waals surface area contributed by atoms with Crippen molar-refractivity contribution in [1.82, 2.24) is 0 Å². The van der Waals surface area contributed by atoms with Crippen molar-refractivity contribution in [3.8, 4) is 0 Å². The van der Waals surface area contributed by atoms with Crippen molar-refractivity contribution in [3.05, 3.63) is 35.4 Å². The lowest BCUT2D eigenvalue weighted by Gasteiger charge is -2.26. The van der Waals surface area contributed by atoms with E-state index in [1.807, 2.05) is 0 Å². The minimum atomic E-state index is -4.29. The molecule has 0 spiro atoms. The summed E-state index contributed by atoms with van der Waals surface area (Å²) >= 11 is 6.01. The van der Waals surface area contributed by atoms with Crippen molar-refractivity contribution in [3.63, 3.8) is 0 Å². The summed E-state index contributed by atoms with van der Waals surface area (Å²) in [5.41, 5.74) is 0.114. The molecule has 1 aliphatic rings. The van der Waals surface area contributed by atoms with E-state index in [1.54, 1.807) is 0 Å². The molecule has 2 rings (SSSR count). The van der Waals surface area contributed by atoms with Crippen LogP contribution in [0, 0.1) is 0 Å². The summed E-state index contributed by atoms with van der Waals surface area (Å²) in [5, 5.41) is 0.0380. The Morgan fingerprint density at radius 3 is 2.35 bits per heavy atom. The van der Waals surface area contributed by atoms with E-state index in [0.29, 0.717) is 13.0 Å². The van der Waals surface area contributed by atoms with E-state index in [9.17, 15) is 13.2 Å². The van der Waals surface area contributed by atoms with Gasteiger partial charge in [-0.3, -0.25) is 0 Å². The second-order valence-electron chi connectivity index (χ2n) is 4.10. The Morgan fingerprint density at radius 1 is 1.18 bits per heavy atom. The molecule has 0 N–H and O–H groups in total. The zero-order valence-electron chi connectivity index (χ0n) is 9.01. The molecule has 0 saturated carbocycles. The van der Waals surface area contributed by atoms with Crippen molar-refractivity contribution in [1.29, 1.82) is 0 Å². The fourth-order valence-corrected chi connectivity index (χ4v) is 2.13. The Labute approximate surface area is 103 Å². The Kier molecular flexibility index (Phi) is 3.64. The van der Waals surface area contributed by atoms with Crippen molar-refractivity contribution in [2.45, 2.75) is 30.5 Å². The van der Waals surface area contributed by atoms with Crippen molar-refractivity contribution in [2.75, 3.05) is 6.61 Å². The van der Waals surface area contributed by atoms with E-state index in [2.05, 4.69) is 0 Å². The van der Waals surface area contributed by atoms with E-state index in [1.165, 1.54) is 12.1 Å². The molecule has 0 radical (unpaired) electrons. The third-order valence-corrected chi connectivity index (χ3v) is 3.23. The maximum atomic E-state index is 12.4. The van der Waals surface area contributed by atoms with Crippen molar-refractivity contribution >= 4 is 11.6 Å². The lowest BCUT2D eigenvalue weighted by Crippen LogP contribution is -2.20. The first-order valence-electron chi connectivity index (χ1n) is 5.39. The van der Waals surface area contributed by atoms with Crippen LogP contribution in [0.25, 0.3) is 0 Å². The molecule has 2 atom stereocenters. The van der Waals surface area contributed by atoms with Gasteiger partial charge in [-0.25, -0.2) is 0 Å². The molecule has 0 aliphatic carbocycles. The molecule has 2 unspecified atom stereocenters. The van der Waals surface area contributed by atoms with Crippen LogP contribution in [0.5, 0.6) is 0 Å². The van der Waals surface area contributed by atoms with Gasteiger partial charge in [0.25, 0.3) is 0 Å². The SMILES string of the molecule is FC(F)(F)c1ccc(C2CC(Cl)CCO2)cc1. The van der Waals surface area contributed by atoms with Crippen LogP contribution in [-0.4, -0.2) is 12.0 Å². The Balaban J connectivity index is 2.12. The summed E-state index contributed by atoms with van der Waals surface area (Å²) in [6, 6.07) is 5.08. The average Bonchev–Trinajstić information content (AvgIpc) is 2.28. The number of hydrogen-bond acceptors (Lipinski definition) is 1. The zero-order valence-corrected chi connectivity index (χ0v) is 9.76. The molecule has 0 amide bonds. The second-order valence-corrected chi connectivity index (χ2v) is 4.72. The molecular formula is C12H12ClF3O. The quantitative estimate of drug-likeness (QED) is 0.692. The van der Waals surface area contributed by atoms with Gasteiger partial charge in [0.1, 0.15) is 0 Å². The minimum absolute atomic E-state index is 0.0380. The van der Waals surface area contributed by atoms with Crippen LogP contribution in [0.2, 0.25) is 0 Å². The molecule has 1 aromatic rings. The molecule has 1 aromatic carbocycles. The number of hydrogen-bond donors (Lipinski definition) is 0. The first-order chi connectivity index (χ1) is 7.97. The van der Waals surface area contributed by atoms with E-state index in [4.69, 9.17) is 16.3 Å². The number of halogens is 4. The highest BCUT2D eigenvalue weighted by atomic mass is 35.5. The summed E-state index contributed by atoms with van der Waals surface area (Å²) in [6.45, 7) is 0.555. The van der Waals surface area contributed by atoms with Gasteiger partial charge < -0.3 is 4.74 Å². The standard InChI is InChI=1S/C12H12ClF3O/c13-10-5-6-17-11(7-10)8-1-3-9(4-2-8)12(14,15)16/h1-4,10-11H,5-7H2. The molecule has 1 nitrogen and oxygen atoms in total. The topological polar surface area (TPSA) is 9.23 Å². The monoisotopic (exact) mass is 264 g/mol. The third kappa shape index (κ3) is 3.13. The summed E-state index contributed by atoms with van der Waals surface area (Å²) in [4.78, 5) is 0. The van der Waals surface area contributed by atoms with Gasteiger partial charge in [-0.1, -0.05) is 12.1 Å². The predicted molar refractivity (Wildman–Crippen MR) is 59.0 cm³/mol. The molecule has 1 saturated heterocycles. The molecule has 17 heavy (non-hydrogen) atoms. The van der Waals surface area contributed by atoms with E-state index >= 15 is 0 Å². The first-order valence-corrected chi connectivity index (χ1v) is 5.83. The lowest BCUT2D eigenvalue weighted by atomic mass is 10.00. The smallest absolute Gasteiger partial charge is 0.373 e. The van der Waals surface area contributed by atoms with Crippen LogP contribution in [-0.2, 0) is 10.9 Å². The number of ether oxygens (including phenoxy) is 1. The van der Waals surface area contributed by atoms with Gasteiger partial charge in [0.15, 0.2) is 0 Å². The van der Waals surface area contributed by atoms with Gasteiger partial charge in [-0.05, 0) is 30.5 Å². The zero-order chi connectivity index (χ0) is 12.5. The van der Waals surface area contributed by atoms with Gasteiger partial charge in [-0.15, -0.1) is 11.6 Å². The molecule has 0 aromatic heterocycles. The third-order valence-electron chi connectivity index (χ3n) is 2.83. The van der Waals surface area contributed by atoms with Gasteiger partial charge >= 0.3 is 6.18 Å². The summed E-state index contributed by atoms with van der Waals surface area (Å²) in [5.74, 6) is 0. The Bertz CT molecular complexity index is 374. The molecule has 1 fully saturated rings. The summed E-state index contributed by atoms with van der Waals surface area (Å²) < 4.78 is 42.6. The molecule has 0 bridgehead atoms. The lowest BCUT2D eigenvalue weighted by molar-refractivity contribution is -0.137. The van der Waals surface area contributed by atoms with Crippen molar-refractivity contribution in [2.24, 2.45) is 0 Å². The van der Waals surface area contributed by atoms with E-state index in [-0.39, 0.29) is 11.5 Å². The van der Waals surface area contributed by atoms with Crippen molar-refractivity contribution < 1.29 is 17.9 Å². The predicted octanol–water partition coefficient (Wildman–Crippen LogP) is 4.16. The van der Waals surface area contributed by atoms with Gasteiger partial charge in [0.05, 0.1) is 11.7 Å². The van der Waals surface area contributed by atoms with Crippen LogP contribution in [0.4, 0.5) is 13.2 Å². The molecule has 1 heterocycles. The van der Waals surface area contributed by atoms with Crippen LogP contribution in [0.15, 0.2) is 24.3 Å². The Morgan fingerprint density at radius 2 is 1.82 bits per heavy atom. The second kappa shape index (κ2) is 4.86. The maximum absolute atomic E-state index is 12.4. The maximum Gasteiger partial charge on any atom is 0.416 e. The van der Waals surface area contributed by atoms with E-state index < -0.39 is 11.7 Å².